The van der Waals surface area contributed by atoms with Crippen LogP contribution in [0, 0.1) is 0 Å². The second-order valence-electron chi connectivity index (χ2n) is 8.48. The Morgan fingerprint density at radius 2 is 1.11 bits per heavy atom. The number of carbonyl (C=O) groups is 5. The fourth-order valence-corrected chi connectivity index (χ4v) is 3.92. The van der Waals surface area contributed by atoms with Crippen molar-refractivity contribution in [3.63, 3.8) is 0 Å². The Hall–Kier alpha value is -2.81. The van der Waals surface area contributed by atoms with Crippen LogP contribution in [0.25, 0.3) is 0 Å². The number of carboxylic acids is 5. The highest BCUT2D eigenvalue weighted by Crippen LogP contribution is 2.20. The fourth-order valence-electron chi connectivity index (χ4n) is 3.92. The van der Waals surface area contributed by atoms with Crippen LogP contribution < -0.4 is 0 Å². The van der Waals surface area contributed by atoms with Crippen molar-refractivity contribution in [2.24, 2.45) is 0 Å². The number of rotatable bonds is 19. The molecule has 1 aliphatic rings. The van der Waals surface area contributed by atoms with Crippen LogP contribution in [-0.4, -0.2) is 141 Å². The van der Waals surface area contributed by atoms with Gasteiger partial charge in [0.2, 0.25) is 0 Å². The topological polar surface area (TPSA) is 205 Å². The number of carboxylic acid groups (broad SMARTS) is 5. The van der Waals surface area contributed by atoms with Crippen LogP contribution in [0.3, 0.4) is 0 Å². The monoisotopic (exact) mass is 505 g/mol. The zero-order valence-corrected chi connectivity index (χ0v) is 19.6. The zero-order valence-electron chi connectivity index (χ0n) is 19.6. The van der Waals surface area contributed by atoms with Crippen LogP contribution in [0.15, 0.2) is 0 Å². The lowest BCUT2D eigenvalue weighted by Gasteiger charge is -2.32. The van der Waals surface area contributed by atoms with E-state index in [9.17, 15) is 39.3 Å². The molecule has 0 bridgehead atoms. The lowest BCUT2D eigenvalue weighted by molar-refractivity contribution is -0.150. The van der Waals surface area contributed by atoms with Crippen molar-refractivity contribution in [2.75, 3.05) is 59.0 Å². The van der Waals surface area contributed by atoms with Gasteiger partial charge in [-0.1, -0.05) is 19.3 Å². The van der Waals surface area contributed by atoms with Crippen molar-refractivity contribution in [1.82, 2.24) is 14.7 Å². The second kappa shape index (κ2) is 16.0. The third-order valence-electron chi connectivity index (χ3n) is 5.62. The fraction of sp³-hybridized carbons (Fsp3) is 0.762. The molecule has 0 aliphatic heterocycles. The summed E-state index contributed by atoms with van der Waals surface area (Å²) in [7, 11) is 0. The molecule has 0 saturated heterocycles. The van der Waals surface area contributed by atoms with Gasteiger partial charge >= 0.3 is 29.8 Å². The van der Waals surface area contributed by atoms with Crippen LogP contribution in [0.1, 0.15) is 32.1 Å². The quantitative estimate of drug-likeness (QED) is 0.143. The first-order chi connectivity index (χ1) is 16.5. The minimum absolute atomic E-state index is 0.0237. The van der Waals surface area contributed by atoms with Gasteiger partial charge in [-0.3, -0.25) is 38.7 Å². The summed E-state index contributed by atoms with van der Waals surface area (Å²) in [6.45, 7) is -2.65. The summed E-state index contributed by atoms with van der Waals surface area (Å²) in [5, 5.41) is 46.1. The molecular weight excluding hydrogens is 470 g/mol. The molecule has 0 amide bonds. The van der Waals surface area contributed by atoms with E-state index in [1.165, 1.54) is 9.80 Å². The summed E-state index contributed by atoms with van der Waals surface area (Å²) < 4.78 is 5.75. The van der Waals surface area contributed by atoms with Crippen molar-refractivity contribution in [1.29, 1.82) is 0 Å². The third-order valence-corrected chi connectivity index (χ3v) is 5.62. The smallest absolute Gasteiger partial charge is 0.323 e. The summed E-state index contributed by atoms with van der Waals surface area (Å²) in [4.78, 5) is 60.2. The first kappa shape index (κ1) is 30.2. The van der Waals surface area contributed by atoms with Crippen molar-refractivity contribution >= 4 is 29.8 Å². The SMILES string of the molecule is O=C(O)CN(CCN(CC(=O)O)CC(=O)O)CCN(CC(=O)O)C(COC1CCCCC1)C(=O)O. The maximum absolute atomic E-state index is 11.9. The first-order valence-electron chi connectivity index (χ1n) is 11.4. The molecule has 200 valence electrons. The van der Waals surface area contributed by atoms with Crippen molar-refractivity contribution in [3.05, 3.63) is 0 Å². The van der Waals surface area contributed by atoms with Gasteiger partial charge in [0.1, 0.15) is 6.04 Å². The van der Waals surface area contributed by atoms with Crippen molar-refractivity contribution in [2.45, 2.75) is 44.2 Å². The van der Waals surface area contributed by atoms with Crippen molar-refractivity contribution in [3.8, 4) is 0 Å². The molecule has 0 heterocycles. The molecule has 1 fully saturated rings. The van der Waals surface area contributed by atoms with Crippen LogP contribution >= 0.6 is 0 Å². The molecule has 0 radical (unpaired) electrons. The number of aliphatic carboxylic acids is 5. The summed E-state index contributed by atoms with van der Waals surface area (Å²) in [6.07, 6.45) is 4.57. The van der Waals surface area contributed by atoms with Gasteiger partial charge in [0.05, 0.1) is 38.9 Å². The lowest BCUT2D eigenvalue weighted by Crippen LogP contribution is -2.51. The molecule has 0 aromatic carbocycles. The Morgan fingerprint density at radius 1 is 0.657 bits per heavy atom. The molecule has 14 heteroatoms. The number of ether oxygens (including phenoxy) is 1. The van der Waals surface area contributed by atoms with Crippen LogP contribution in [0.5, 0.6) is 0 Å². The molecule has 35 heavy (non-hydrogen) atoms. The average Bonchev–Trinajstić information content (AvgIpc) is 2.74. The first-order valence-corrected chi connectivity index (χ1v) is 11.4. The van der Waals surface area contributed by atoms with Gasteiger partial charge in [0.25, 0.3) is 0 Å². The van der Waals surface area contributed by atoms with Gasteiger partial charge < -0.3 is 30.3 Å². The van der Waals surface area contributed by atoms with Crippen LogP contribution in [0.2, 0.25) is 0 Å². The highest BCUT2D eigenvalue weighted by molar-refractivity contribution is 5.76. The Balaban J connectivity index is 2.84. The maximum Gasteiger partial charge on any atom is 0.323 e. The minimum Gasteiger partial charge on any atom is -0.480 e. The van der Waals surface area contributed by atoms with E-state index >= 15 is 0 Å². The third kappa shape index (κ3) is 13.6. The average molecular weight is 506 g/mol. The maximum atomic E-state index is 11.9. The summed E-state index contributed by atoms with van der Waals surface area (Å²) in [5.74, 6) is -6.21. The molecule has 1 atom stereocenters. The second-order valence-corrected chi connectivity index (χ2v) is 8.48. The van der Waals surface area contributed by atoms with E-state index in [1.807, 2.05) is 0 Å². The molecule has 0 spiro atoms. The Bertz CT molecular complexity index is 711. The largest absolute Gasteiger partial charge is 0.480 e. The van der Waals surface area contributed by atoms with Crippen molar-refractivity contribution < 1.29 is 54.2 Å². The molecule has 14 nitrogen and oxygen atoms in total. The Morgan fingerprint density at radius 3 is 1.60 bits per heavy atom. The summed E-state index contributed by atoms with van der Waals surface area (Å²) >= 11 is 0. The predicted molar refractivity (Wildman–Crippen MR) is 119 cm³/mol. The number of nitrogens with zero attached hydrogens (tertiary/aromatic N) is 3. The number of hydrogen-bond acceptors (Lipinski definition) is 9. The normalized spacial score (nSPS) is 15.4. The van der Waals surface area contributed by atoms with E-state index in [0.717, 1.165) is 37.0 Å². The van der Waals surface area contributed by atoms with Gasteiger partial charge in [-0.15, -0.1) is 0 Å². The van der Waals surface area contributed by atoms with Gasteiger partial charge in [-0.25, -0.2) is 0 Å². The molecule has 1 rings (SSSR count). The standard InChI is InChI=1S/C21H35N3O11/c25-17(26)10-22(6-7-23(11-18(27)28)12-19(29)30)8-9-24(13-20(31)32)16(21(33)34)14-35-15-4-2-1-3-5-15/h15-16H,1-14H2,(H,25,26)(H,27,28)(H,29,30)(H,31,32)(H,33,34). The van der Waals surface area contributed by atoms with E-state index in [4.69, 9.17) is 14.9 Å². The molecule has 0 aromatic rings. The van der Waals surface area contributed by atoms with E-state index in [0.29, 0.717) is 0 Å². The van der Waals surface area contributed by atoms with E-state index in [2.05, 4.69) is 0 Å². The zero-order chi connectivity index (χ0) is 26.4. The van der Waals surface area contributed by atoms with Gasteiger partial charge in [-0.2, -0.15) is 0 Å². The molecular formula is C21H35N3O11. The predicted octanol–water partition coefficient (Wildman–Crippen LogP) is -0.967. The lowest BCUT2D eigenvalue weighted by atomic mass is 9.98. The number of hydrogen-bond donors (Lipinski definition) is 5. The molecule has 1 unspecified atom stereocenters. The van der Waals surface area contributed by atoms with Crippen LogP contribution in [-0.2, 0) is 28.7 Å². The highest BCUT2D eigenvalue weighted by Gasteiger charge is 2.29. The van der Waals surface area contributed by atoms with Crippen LogP contribution in [0.4, 0.5) is 0 Å². The highest BCUT2D eigenvalue weighted by atomic mass is 16.5. The van der Waals surface area contributed by atoms with Gasteiger partial charge in [0, 0.05) is 26.2 Å². The Kier molecular flexibility index (Phi) is 13.8. The summed E-state index contributed by atoms with van der Waals surface area (Å²) in [6, 6.07) is -1.25. The van der Waals surface area contributed by atoms with E-state index < -0.39 is 62.1 Å². The Labute approximate surface area is 202 Å². The minimum atomic E-state index is -1.26. The molecule has 1 aliphatic carbocycles. The summed E-state index contributed by atoms with van der Waals surface area (Å²) in [5.41, 5.74) is 0. The molecule has 5 N–H and O–H groups in total. The molecule has 1 saturated carbocycles. The van der Waals surface area contributed by atoms with E-state index in [1.54, 1.807) is 0 Å². The van der Waals surface area contributed by atoms with Gasteiger partial charge in [0.15, 0.2) is 0 Å². The van der Waals surface area contributed by atoms with E-state index in [-0.39, 0.29) is 38.9 Å². The molecule has 0 aromatic heterocycles. The van der Waals surface area contributed by atoms with Gasteiger partial charge in [-0.05, 0) is 12.8 Å².